The van der Waals surface area contributed by atoms with Gasteiger partial charge < -0.3 is 0 Å². The highest BCUT2D eigenvalue weighted by Gasteiger charge is 2.16. The molecule has 0 atom stereocenters. The second-order valence-corrected chi connectivity index (χ2v) is 8.37. The number of benzene rings is 2. The molecule has 2 rings (SSSR count). The van der Waals surface area contributed by atoms with Crippen molar-refractivity contribution in [2.24, 2.45) is 0 Å². The summed E-state index contributed by atoms with van der Waals surface area (Å²) < 4.78 is 50.0. The van der Waals surface area contributed by atoms with Crippen molar-refractivity contribution in [3.05, 3.63) is 54.1 Å². The number of sulfone groups is 1. The van der Waals surface area contributed by atoms with Crippen LogP contribution >= 0.6 is 0 Å². The van der Waals surface area contributed by atoms with Crippen LogP contribution in [0.25, 0.3) is 0 Å². The lowest BCUT2D eigenvalue weighted by molar-refractivity contribution is 0.599. The zero-order valence-electron chi connectivity index (χ0n) is 11.6. The summed E-state index contributed by atoms with van der Waals surface area (Å²) >= 11 is 0. The molecule has 7 heteroatoms. The third kappa shape index (κ3) is 3.62. The first-order valence-corrected chi connectivity index (χ1v) is 9.46. The van der Waals surface area contributed by atoms with Crippen molar-refractivity contribution in [3.63, 3.8) is 0 Å². The van der Waals surface area contributed by atoms with Gasteiger partial charge in [0.15, 0.2) is 9.84 Å². The van der Waals surface area contributed by atoms with Crippen molar-refractivity contribution in [2.75, 3.05) is 11.0 Å². The van der Waals surface area contributed by atoms with E-state index in [4.69, 9.17) is 0 Å². The molecule has 0 aromatic heterocycles. The van der Waals surface area contributed by atoms with Gasteiger partial charge in [-0.15, -0.1) is 0 Å². The molecule has 21 heavy (non-hydrogen) atoms. The van der Waals surface area contributed by atoms with Crippen LogP contribution in [0.3, 0.4) is 0 Å². The first-order chi connectivity index (χ1) is 9.70. The van der Waals surface area contributed by atoms with E-state index in [9.17, 15) is 16.8 Å². The van der Waals surface area contributed by atoms with Gasteiger partial charge in [0.2, 0.25) is 0 Å². The summed E-state index contributed by atoms with van der Waals surface area (Å²) in [6.45, 7) is 1.70. The Labute approximate surface area is 124 Å². The number of aryl methyl sites for hydroxylation is 1. The lowest BCUT2D eigenvalue weighted by Crippen LogP contribution is -2.14. The molecule has 0 radical (unpaired) electrons. The van der Waals surface area contributed by atoms with E-state index in [-0.39, 0.29) is 15.5 Å². The highest BCUT2D eigenvalue weighted by atomic mass is 32.2. The van der Waals surface area contributed by atoms with Crippen LogP contribution in [0.1, 0.15) is 5.56 Å². The Hall–Kier alpha value is -1.86. The van der Waals surface area contributed by atoms with Gasteiger partial charge in [-0.3, -0.25) is 4.72 Å². The van der Waals surface area contributed by atoms with Crippen LogP contribution in [0.5, 0.6) is 0 Å². The first kappa shape index (κ1) is 15.5. The van der Waals surface area contributed by atoms with E-state index in [1.54, 1.807) is 31.2 Å². The molecule has 0 aliphatic carbocycles. The average Bonchev–Trinajstić information content (AvgIpc) is 2.41. The van der Waals surface area contributed by atoms with Crippen LogP contribution in [0.4, 0.5) is 5.69 Å². The summed E-state index contributed by atoms with van der Waals surface area (Å²) in [4.78, 5) is 0.188. The van der Waals surface area contributed by atoms with E-state index >= 15 is 0 Å². The zero-order chi connectivity index (χ0) is 15.7. The number of sulfonamides is 1. The van der Waals surface area contributed by atoms with E-state index in [2.05, 4.69) is 4.72 Å². The lowest BCUT2D eigenvalue weighted by atomic mass is 10.2. The van der Waals surface area contributed by atoms with Gasteiger partial charge in [0, 0.05) is 6.26 Å². The maximum atomic E-state index is 12.3. The molecular formula is C14H15NO4S2. The molecule has 0 saturated heterocycles. The van der Waals surface area contributed by atoms with E-state index in [1.165, 1.54) is 24.3 Å². The summed E-state index contributed by atoms with van der Waals surface area (Å²) in [5.41, 5.74) is 0.892. The van der Waals surface area contributed by atoms with Crippen molar-refractivity contribution in [1.29, 1.82) is 0 Å². The van der Waals surface area contributed by atoms with Gasteiger partial charge in [0.1, 0.15) is 0 Å². The molecular weight excluding hydrogens is 310 g/mol. The third-order valence-corrected chi connectivity index (χ3v) is 5.43. The number of rotatable bonds is 4. The standard InChI is InChI=1S/C14H15NO4S2/c1-11-8-9-13(20(2,16)17)10-14(11)15-21(18,19)12-6-4-3-5-7-12/h3-10,15H,1-2H3. The summed E-state index contributed by atoms with van der Waals surface area (Å²) in [5.74, 6) is 0. The molecule has 0 unspecified atom stereocenters. The molecule has 0 spiro atoms. The first-order valence-electron chi connectivity index (χ1n) is 6.09. The van der Waals surface area contributed by atoms with E-state index in [0.717, 1.165) is 6.26 Å². The molecule has 2 aromatic carbocycles. The molecule has 0 amide bonds. The minimum absolute atomic E-state index is 0.0684. The summed E-state index contributed by atoms with van der Waals surface area (Å²) in [6, 6.07) is 12.2. The molecule has 5 nitrogen and oxygen atoms in total. The van der Waals surface area contributed by atoms with Crippen LogP contribution in [0.15, 0.2) is 58.3 Å². The molecule has 0 aliphatic heterocycles. The fraction of sp³-hybridized carbons (Fsp3) is 0.143. The largest absolute Gasteiger partial charge is 0.279 e. The topological polar surface area (TPSA) is 80.3 Å². The normalized spacial score (nSPS) is 12.1. The van der Waals surface area contributed by atoms with E-state index in [1.807, 2.05) is 0 Å². The molecule has 0 bridgehead atoms. The Kier molecular flexibility index (Phi) is 4.06. The van der Waals surface area contributed by atoms with Gasteiger partial charge >= 0.3 is 0 Å². The molecule has 1 N–H and O–H groups in total. The molecule has 0 heterocycles. The molecule has 0 aliphatic rings. The third-order valence-electron chi connectivity index (χ3n) is 2.94. The average molecular weight is 325 g/mol. The Balaban J connectivity index is 2.45. The maximum absolute atomic E-state index is 12.3. The quantitative estimate of drug-likeness (QED) is 0.934. The Bertz CT molecular complexity index is 857. The van der Waals surface area contributed by atoms with Crippen LogP contribution in [-0.2, 0) is 19.9 Å². The van der Waals surface area contributed by atoms with Crippen molar-refractivity contribution in [3.8, 4) is 0 Å². The minimum atomic E-state index is -3.74. The Morgan fingerprint density at radius 3 is 2.05 bits per heavy atom. The summed E-state index contributed by atoms with van der Waals surface area (Å²) in [7, 11) is -7.14. The predicted molar refractivity (Wildman–Crippen MR) is 81.5 cm³/mol. The highest BCUT2D eigenvalue weighted by Crippen LogP contribution is 2.23. The van der Waals surface area contributed by atoms with Gasteiger partial charge in [0.25, 0.3) is 10.0 Å². The number of hydrogen-bond acceptors (Lipinski definition) is 4. The lowest BCUT2D eigenvalue weighted by Gasteiger charge is -2.11. The Morgan fingerprint density at radius 1 is 0.857 bits per heavy atom. The van der Waals surface area contributed by atoms with E-state index < -0.39 is 19.9 Å². The second kappa shape index (κ2) is 5.50. The van der Waals surface area contributed by atoms with E-state index in [0.29, 0.717) is 5.56 Å². The van der Waals surface area contributed by atoms with Crippen molar-refractivity contribution in [1.82, 2.24) is 0 Å². The summed E-state index contributed by atoms with van der Waals surface area (Å²) in [5, 5.41) is 0. The number of anilines is 1. The van der Waals surface area contributed by atoms with Crippen molar-refractivity contribution < 1.29 is 16.8 Å². The fourth-order valence-corrected chi connectivity index (χ4v) is 3.53. The zero-order valence-corrected chi connectivity index (χ0v) is 13.2. The highest BCUT2D eigenvalue weighted by molar-refractivity contribution is 7.92. The Morgan fingerprint density at radius 2 is 1.48 bits per heavy atom. The number of nitrogens with one attached hydrogen (secondary N) is 1. The smallest absolute Gasteiger partial charge is 0.261 e. The summed E-state index contributed by atoms with van der Waals surface area (Å²) in [6.07, 6.45) is 1.08. The van der Waals surface area contributed by atoms with Gasteiger partial charge in [-0.2, -0.15) is 0 Å². The molecule has 0 saturated carbocycles. The van der Waals surface area contributed by atoms with Crippen molar-refractivity contribution >= 4 is 25.5 Å². The minimum Gasteiger partial charge on any atom is -0.279 e. The van der Waals surface area contributed by atoms with Crippen LogP contribution in [0, 0.1) is 6.92 Å². The van der Waals surface area contributed by atoms with Gasteiger partial charge in [-0.1, -0.05) is 24.3 Å². The van der Waals surface area contributed by atoms with Crippen LogP contribution in [0.2, 0.25) is 0 Å². The monoisotopic (exact) mass is 325 g/mol. The maximum Gasteiger partial charge on any atom is 0.261 e. The predicted octanol–water partition coefficient (Wildman–Crippen LogP) is 2.20. The SMILES string of the molecule is Cc1ccc(S(C)(=O)=O)cc1NS(=O)(=O)c1ccccc1. The number of hydrogen-bond donors (Lipinski definition) is 1. The van der Waals surface area contributed by atoms with Gasteiger partial charge in [-0.25, -0.2) is 16.8 Å². The second-order valence-electron chi connectivity index (χ2n) is 4.67. The van der Waals surface area contributed by atoms with Crippen LogP contribution < -0.4 is 4.72 Å². The fourth-order valence-electron chi connectivity index (χ4n) is 1.75. The molecule has 2 aromatic rings. The van der Waals surface area contributed by atoms with Crippen molar-refractivity contribution in [2.45, 2.75) is 16.7 Å². The molecule has 112 valence electrons. The van der Waals surface area contributed by atoms with Crippen LogP contribution in [-0.4, -0.2) is 23.1 Å². The van der Waals surface area contributed by atoms with Gasteiger partial charge in [-0.05, 0) is 36.8 Å². The molecule has 0 fully saturated rings. The van der Waals surface area contributed by atoms with Gasteiger partial charge in [0.05, 0.1) is 15.5 Å².